The molecule has 0 aliphatic heterocycles. The van der Waals surface area contributed by atoms with E-state index >= 15 is 0 Å². The summed E-state index contributed by atoms with van der Waals surface area (Å²) in [4.78, 5) is 0.0379. The summed E-state index contributed by atoms with van der Waals surface area (Å²) in [7, 11) is 0. The van der Waals surface area contributed by atoms with E-state index in [1.54, 1.807) is 36.4 Å². The molecule has 2 heteroatoms. The van der Waals surface area contributed by atoms with Gasteiger partial charge in [0.1, 0.15) is 12.4 Å². The highest BCUT2D eigenvalue weighted by Crippen LogP contribution is 2.36. The average Bonchev–Trinajstić information content (AvgIpc) is 2.92. The van der Waals surface area contributed by atoms with Gasteiger partial charge in [-0.1, -0.05) is 78.4 Å². The van der Waals surface area contributed by atoms with Gasteiger partial charge in [0.25, 0.3) is 0 Å². The first kappa shape index (κ1) is 10.8. The van der Waals surface area contributed by atoms with Crippen molar-refractivity contribution in [2.24, 2.45) is 0 Å². The smallest absolute Gasteiger partial charge is 0.123 e. The monoisotopic (exact) mass is 429 g/mol. The summed E-state index contributed by atoms with van der Waals surface area (Å²) < 4.78 is 120. The van der Waals surface area contributed by atoms with Crippen molar-refractivity contribution < 1.29 is 23.9 Å². The Labute approximate surface area is 208 Å². The van der Waals surface area contributed by atoms with Crippen LogP contribution in [0.15, 0.2) is 78.9 Å². The van der Waals surface area contributed by atoms with Gasteiger partial charge in [0.15, 0.2) is 0 Å². The molecule has 1 atom stereocenters. The quantitative estimate of drug-likeness (QED) is 0.337. The molecule has 0 aliphatic rings. The Morgan fingerprint density at radius 1 is 0.871 bits per heavy atom. The predicted molar refractivity (Wildman–Crippen MR) is 132 cm³/mol. The molecule has 0 saturated heterocycles. The highest BCUT2D eigenvalue weighted by molar-refractivity contribution is 5.44. The van der Waals surface area contributed by atoms with E-state index in [0.717, 1.165) is 11.1 Å². The molecule has 0 radical (unpaired) electrons. The van der Waals surface area contributed by atoms with Crippen molar-refractivity contribution in [3.8, 4) is 5.75 Å². The molecule has 3 aromatic rings. The van der Waals surface area contributed by atoms with Crippen LogP contribution in [0.1, 0.15) is 81.2 Å². The van der Waals surface area contributed by atoms with Crippen LogP contribution in [0.2, 0.25) is 0 Å². The molecule has 0 saturated carbocycles. The first-order chi connectivity index (χ1) is 20.6. The summed E-state index contributed by atoms with van der Waals surface area (Å²) in [6, 6.07) is 16.0. The van der Waals surface area contributed by atoms with Crippen LogP contribution >= 0.6 is 0 Å². The Balaban J connectivity index is 2.23. The van der Waals surface area contributed by atoms with E-state index in [1.807, 2.05) is 49.4 Å². The maximum absolute atomic E-state index is 8.84. The first-order valence-electron chi connectivity index (χ1n) is 17.2. The molecule has 0 heterocycles. The van der Waals surface area contributed by atoms with Crippen molar-refractivity contribution in [2.45, 2.75) is 65.3 Å². The van der Waals surface area contributed by atoms with Crippen LogP contribution in [0.5, 0.6) is 5.75 Å². The highest BCUT2D eigenvalue weighted by Gasteiger charge is 2.22. The number of aryl methyl sites for hydroxylation is 1. The predicted octanol–water partition coefficient (Wildman–Crippen LogP) is 7.21. The van der Waals surface area contributed by atoms with Gasteiger partial charge in [0.05, 0.1) is 0 Å². The molecule has 0 spiro atoms. The van der Waals surface area contributed by atoms with E-state index in [2.05, 4.69) is 0 Å². The topological polar surface area (TPSA) is 12.5 Å². The lowest BCUT2D eigenvalue weighted by Crippen LogP contribution is -2.38. The number of hydrogen-bond acceptors (Lipinski definition) is 2. The fourth-order valence-electron chi connectivity index (χ4n) is 3.59. The zero-order valence-corrected chi connectivity index (χ0v) is 17.6. The molecule has 31 heavy (non-hydrogen) atoms. The number of ether oxygens (including phenoxy) is 1. The van der Waals surface area contributed by atoms with Gasteiger partial charge in [-0.2, -0.15) is 0 Å². The zero-order valence-electron chi connectivity index (χ0n) is 31.6. The molecule has 0 aliphatic carbocycles. The Morgan fingerprint density at radius 3 is 2.16 bits per heavy atom. The van der Waals surface area contributed by atoms with Gasteiger partial charge in [-0.25, -0.2) is 0 Å². The first-order valence-corrected chi connectivity index (χ1v) is 10.2. The Bertz CT molecular complexity index is 1330. The van der Waals surface area contributed by atoms with Crippen molar-refractivity contribution in [3.63, 3.8) is 0 Å². The Morgan fingerprint density at radius 2 is 1.52 bits per heavy atom. The molecule has 0 bridgehead atoms. The van der Waals surface area contributed by atoms with Gasteiger partial charge in [0.2, 0.25) is 0 Å². The van der Waals surface area contributed by atoms with Crippen LogP contribution < -0.4 is 4.74 Å². The fraction of sp³-hybridized carbons (Fsp3) is 0.379. The number of rotatable bonds is 10. The minimum absolute atomic E-state index is 0.0379. The number of hydrogen-bond donors (Lipinski definition) is 0. The third kappa shape index (κ3) is 6.45. The second-order valence-electron chi connectivity index (χ2n) is 7.42. The lowest BCUT2D eigenvalue weighted by Gasteiger charge is -2.32. The second-order valence-corrected chi connectivity index (χ2v) is 7.42. The van der Waals surface area contributed by atoms with E-state index in [0.29, 0.717) is 16.9 Å². The van der Waals surface area contributed by atoms with Crippen LogP contribution in [-0.2, 0) is 6.61 Å². The molecule has 3 rings (SSSR count). The summed E-state index contributed by atoms with van der Waals surface area (Å²) >= 11 is 0. The van der Waals surface area contributed by atoms with Crippen LogP contribution in [0, 0.1) is 6.92 Å². The standard InChI is InChI=1S/C29H37NO/c1-22(2)30(23(3)4)19-18-27(26-14-10-7-11-15-26)28-20-24(5)16-17-29(28)31-21-25-12-8-6-9-13-25/h6-17,20,22-23,27H,18-19,21H2,1-5H3/t27-/m1/s1/i1D3,2D3,3D3,4D3,22D,23D. The van der Waals surface area contributed by atoms with E-state index < -0.39 is 51.9 Å². The molecule has 0 N–H and O–H groups in total. The van der Waals surface area contributed by atoms with Crippen LogP contribution in [-0.4, -0.2) is 23.5 Å². The van der Waals surface area contributed by atoms with Crippen molar-refractivity contribution in [3.05, 3.63) is 101 Å². The lowest BCUT2D eigenvalue weighted by atomic mass is 9.86. The summed E-state index contributed by atoms with van der Waals surface area (Å²) in [6.07, 6.45) is -0.255. The van der Waals surface area contributed by atoms with Crippen LogP contribution in [0.4, 0.5) is 0 Å². The van der Waals surface area contributed by atoms with Crippen molar-refractivity contribution in [2.75, 3.05) is 6.54 Å². The second kappa shape index (κ2) is 11.2. The molecule has 164 valence electrons. The summed E-state index contributed by atoms with van der Waals surface area (Å²) in [6.45, 7) is -13.8. The van der Waals surface area contributed by atoms with Crippen molar-refractivity contribution >= 4 is 0 Å². The van der Waals surface area contributed by atoms with Gasteiger partial charge in [-0.05, 0) is 64.5 Å². The molecule has 0 fully saturated rings. The van der Waals surface area contributed by atoms with Crippen molar-refractivity contribution in [1.82, 2.24) is 4.90 Å². The summed E-state index contributed by atoms with van der Waals surface area (Å²) in [5, 5.41) is 0. The molecular formula is C29H37NO. The van der Waals surface area contributed by atoms with E-state index in [1.165, 1.54) is 0 Å². The molecule has 0 unspecified atom stereocenters. The van der Waals surface area contributed by atoms with Crippen molar-refractivity contribution in [1.29, 1.82) is 0 Å². The van der Waals surface area contributed by atoms with Gasteiger partial charge in [-0.15, -0.1) is 0 Å². The maximum Gasteiger partial charge on any atom is 0.123 e. The van der Waals surface area contributed by atoms with Gasteiger partial charge in [-0.3, -0.25) is 4.90 Å². The SMILES string of the molecule is [2H]C([2H])([2H])C([2H])(N(CC[C@H](c1ccccc1)c1cc(C)ccc1OCc1ccccc1)C([2H])(C([2H])([2H])[2H])C([2H])([2H])[2H])C([2H])([2H])[2H]. The normalized spacial score (nSPS) is 21.5. The third-order valence-electron chi connectivity index (χ3n) is 5.16. The molecular weight excluding hydrogens is 378 g/mol. The fourth-order valence-corrected chi connectivity index (χ4v) is 3.59. The Hall–Kier alpha value is -2.58. The molecule has 2 nitrogen and oxygen atoms in total. The Kier molecular flexibility index (Phi) is 3.90. The minimum Gasteiger partial charge on any atom is -0.489 e. The van der Waals surface area contributed by atoms with Gasteiger partial charge >= 0.3 is 0 Å². The van der Waals surface area contributed by atoms with Gasteiger partial charge in [0, 0.05) is 42.7 Å². The van der Waals surface area contributed by atoms with E-state index in [-0.39, 0.29) is 17.9 Å². The highest BCUT2D eigenvalue weighted by atomic mass is 16.5. The number of benzene rings is 3. The van der Waals surface area contributed by atoms with E-state index in [4.69, 9.17) is 23.9 Å². The zero-order chi connectivity index (χ0) is 34.1. The summed E-state index contributed by atoms with van der Waals surface area (Å²) in [5.74, 6) is -0.272. The average molecular weight is 430 g/mol. The summed E-state index contributed by atoms with van der Waals surface area (Å²) in [5.41, 5.74) is 2.96. The molecule has 3 aromatic carbocycles. The minimum atomic E-state index is -3.77. The van der Waals surface area contributed by atoms with Crippen LogP contribution in [0.3, 0.4) is 0 Å². The molecule has 0 amide bonds. The lowest BCUT2D eigenvalue weighted by molar-refractivity contribution is 0.170. The van der Waals surface area contributed by atoms with Crippen LogP contribution in [0.25, 0.3) is 0 Å². The third-order valence-corrected chi connectivity index (χ3v) is 5.16. The number of nitrogens with zero attached hydrogens (tertiary/aromatic N) is 1. The van der Waals surface area contributed by atoms with E-state index in [9.17, 15) is 0 Å². The van der Waals surface area contributed by atoms with Gasteiger partial charge < -0.3 is 4.74 Å². The largest absolute Gasteiger partial charge is 0.489 e. The molecule has 0 aromatic heterocycles. The maximum atomic E-state index is 8.84.